The molecule has 8 heteroatoms. The zero-order valence-corrected chi connectivity index (χ0v) is 16.1. The molecule has 7 nitrogen and oxygen atoms in total. The zero-order chi connectivity index (χ0) is 19.5. The average Bonchev–Trinajstić information content (AvgIpc) is 3.34. The molecule has 0 fully saturated rings. The Morgan fingerprint density at radius 2 is 2.07 bits per heavy atom. The molecule has 0 spiro atoms. The maximum atomic E-state index is 12.2. The first-order valence-corrected chi connectivity index (χ1v) is 9.33. The van der Waals surface area contributed by atoms with E-state index >= 15 is 0 Å². The Morgan fingerprint density at radius 3 is 2.82 bits per heavy atom. The molecule has 0 radical (unpaired) electrons. The van der Waals surface area contributed by atoms with Gasteiger partial charge in [-0.3, -0.25) is 4.79 Å². The van der Waals surface area contributed by atoms with E-state index < -0.39 is 0 Å². The minimum atomic E-state index is -0.0739. The number of aromatic amines is 1. The Morgan fingerprint density at radius 1 is 1.25 bits per heavy atom. The lowest BCUT2D eigenvalue weighted by Crippen LogP contribution is -2.24. The highest BCUT2D eigenvalue weighted by Crippen LogP contribution is 2.33. The molecule has 1 amide bonds. The Kier molecular flexibility index (Phi) is 5.08. The molecule has 0 aliphatic heterocycles. The van der Waals surface area contributed by atoms with Gasteiger partial charge in [-0.05, 0) is 46.2 Å². The number of benzene rings is 2. The molecule has 142 valence electrons. The highest BCUT2D eigenvalue weighted by atomic mass is 35.5. The summed E-state index contributed by atoms with van der Waals surface area (Å²) < 4.78 is 1.53. The van der Waals surface area contributed by atoms with Gasteiger partial charge in [0.05, 0.1) is 12.1 Å². The number of tetrazole rings is 1. The van der Waals surface area contributed by atoms with Crippen LogP contribution in [0.5, 0.6) is 0 Å². The third-order valence-electron chi connectivity index (χ3n) is 4.71. The molecule has 2 aromatic heterocycles. The van der Waals surface area contributed by atoms with Crippen molar-refractivity contribution in [3.63, 3.8) is 0 Å². The minimum absolute atomic E-state index is 0.0739. The first-order valence-electron chi connectivity index (χ1n) is 8.95. The summed E-state index contributed by atoms with van der Waals surface area (Å²) in [5, 5.41) is 15.5. The number of amides is 1. The van der Waals surface area contributed by atoms with Crippen molar-refractivity contribution in [1.82, 2.24) is 30.5 Å². The van der Waals surface area contributed by atoms with Crippen LogP contribution < -0.4 is 5.32 Å². The number of rotatable bonds is 6. The van der Waals surface area contributed by atoms with Gasteiger partial charge in [0.2, 0.25) is 5.91 Å². The third kappa shape index (κ3) is 3.75. The molecule has 2 N–H and O–H groups in total. The van der Waals surface area contributed by atoms with E-state index in [9.17, 15) is 4.79 Å². The first kappa shape index (κ1) is 18.2. The van der Waals surface area contributed by atoms with Crippen molar-refractivity contribution < 1.29 is 4.79 Å². The summed E-state index contributed by atoms with van der Waals surface area (Å²) in [7, 11) is 0. The van der Waals surface area contributed by atoms with E-state index in [1.165, 1.54) is 11.0 Å². The van der Waals surface area contributed by atoms with E-state index in [2.05, 4.69) is 44.9 Å². The first-order chi connectivity index (χ1) is 13.6. The number of carbonyl (C=O) groups excluding carboxylic acids is 1. The van der Waals surface area contributed by atoms with E-state index in [1.54, 1.807) is 0 Å². The zero-order valence-electron chi connectivity index (χ0n) is 15.3. The number of aromatic nitrogens is 5. The molecule has 28 heavy (non-hydrogen) atoms. The van der Waals surface area contributed by atoms with E-state index in [1.807, 2.05) is 30.3 Å². The summed E-state index contributed by atoms with van der Waals surface area (Å²) in [6.07, 6.45) is 1.79. The summed E-state index contributed by atoms with van der Waals surface area (Å²) in [5.74, 6) is -0.0739. The molecule has 2 aromatic carbocycles. The Bertz CT molecular complexity index is 1100. The average molecular weight is 395 g/mol. The van der Waals surface area contributed by atoms with Gasteiger partial charge in [-0.1, -0.05) is 41.9 Å². The highest BCUT2D eigenvalue weighted by Gasteiger charge is 2.14. The molecule has 0 atom stereocenters. The van der Waals surface area contributed by atoms with Crippen LogP contribution in [0.4, 0.5) is 0 Å². The summed E-state index contributed by atoms with van der Waals surface area (Å²) in [6, 6.07) is 14.0. The van der Waals surface area contributed by atoms with Gasteiger partial charge in [0.1, 0.15) is 6.33 Å². The van der Waals surface area contributed by atoms with Crippen LogP contribution in [-0.4, -0.2) is 31.1 Å². The van der Waals surface area contributed by atoms with Crippen molar-refractivity contribution in [3.05, 3.63) is 64.9 Å². The van der Waals surface area contributed by atoms with Crippen molar-refractivity contribution in [2.24, 2.45) is 0 Å². The lowest BCUT2D eigenvalue weighted by atomic mass is 10.1. The summed E-state index contributed by atoms with van der Waals surface area (Å²) >= 11 is 6.34. The fraction of sp³-hybridized carbons (Fsp3) is 0.200. The number of aryl methyl sites for hydroxylation is 2. The van der Waals surface area contributed by atoms with E-state index in [-0.39, 0.29) is 5.91 Å². The molecule has 0 aliphatic carbocycles. The summed E-state index contributed by atoms with van der Waals surface area (Å²) in [6.45, 7) is 2.90. The number of hydrogen-bond donors (Lipinski definition) is 2. The molecule has 4 aromatic rings. The molecule has 0 saturated heterocycles. The number of nitrogens with one attached hydrogen (secondary N) is 2. The van der Waals surface area contributed by atoms with Gasteiger partial charge in [-0.2, -0.15) is 0 Å². The van der Waals surface area contributed by atoms with Crippen LogP contribution in [0.1, 0.15) is 17.5 Å². The smallest absolute Gasteiger partial charge is 0.222 e. The van der Waals surface area contributed by atoms with Gasteiger partial charge in [0.15, 0.2) is 0 Å². The molecule has 0 saturated carbocycles. The van der Waals surface area contributed by atoms with Crippen LogP contribution >= 0.6 is 11.6 Å². The van der Waals surface area contributed by atoms with Crippen LogP contribution in [0.3, 0.4) is 0 Å². The Balaban J connectivity index is 1.56. The number of carbonyl (C=O) groups is 1. The van der Waals surface area contributed by atoms with Crippen molar-refractivity contribution in [3.8, 4) is 11.3 Å². The predicted octanol–water partition coefficient (Wildman–Crippen LogP) is 3.49. The second-order valence-electron chi connectivity index (χ2n) is 6.58. The Hall–Kier alpha value is -3.19. The van der Waals surface area contributed by atoms with Gasteiger partial charge >= 0.3 is 0 Å². The lowest BCUT2D eigenvalue weighted by molar-refractivity contribution is -0.121. The van der Waals surface area contributed by atoms with Crippen molar-refractivity contribution >= 4 is 28.4 Å². The van der Waals surface area contributed by atoms with E-state index in [4.69, 9.17) is 11.6 Å². The minimum Gasteiger partial charge on any atom is -0.354 e. The lowest BCUT2D eigenvalue weighted by Gasteiger charge is -2.07. The molecule has 2 heterocycles. The van der Waals surface area contributed by atoms with Gasteiger partial charge in [-0.25, -0.2) is 4.68 Å². The van der Waals surface area contributed by atoms with Crippen molar-refractivity contribution in [2.45, 2.75) is 26.4 Å². The Labute approximate surface area is 166 Å². The summed E-state index contributed by atoms with van der Waals surface area (Å²) in [4.78, 5) is 15.7. The number of nitrogens with zero attached hydrogens (tertiary/aromatic N) is 4. The quantitative estimate of drug-likeness (QED) is 0.524. The molecule has 0 unspecified atom stereocenters. The van der Waals surface area contributed by atoms with Crippen LogP contribution in [0, 0.1) is 6.92 Å². The maximum absolute atomic E-state index is 12.2. The summed E-state index contributed by atoms with van der Waals surface area (Å²) in [5.41, 5.74) is 5.24. The fourth-order valence-corrected chi connectivity index (χ4v) is 3.51. The molecular formula is C20H19ClN6O. The SMILES string of the molecule is Cc1c(-c2ccccc2)[nH]c2c(CNC(=O)CCn3cnnn3)cc(Cl)cc12. The number of fused-ring (bicyclic) bond motifs is 1. The number of H-pyrrole nitrogens is 1. The molecule has 4 rings (SSSR count). The van der Waals surface area contributed by atoms with E-state index in [0.717, 1.165) is 33.3 Å². The standard InChI is InChI=1S/C20H19ClN6O/c1-13-17-10-16(21)9-15(11-22-18(28)7-8-27-12-23-25-26-27)20(17)24-19(13)14-5-3-2-4-6-14/h2-6,9-10,12,24H,7-8,11H2,1H3,(H,22,28). The monoisotopic (exact) mass is 394 g/mol. The fourth-order valence-electron chi connectivity index (χ4n) is 3.27. The van der Waals surface area contributed by atoms with Gasteiger partial charge in [0.25, 0.3) is 0 Å². The molecule has 0 aliphatic rings. The topological polar surface area (TPSA) is 88.5 Å². The largest absolute Gasteiger partial charge is 0.354 e. The van der Waals surface area contributed by atoms with Gasteiger partial charge in [-0.15, -0.1) is 5.10 Å². The highest BCUT2D eigenvalue weighted by molar-refractivity contribution is 6.31. The van der Waals surface area contributed by atoms with Crippen molar-refractivity contribution in [1.29, 1.82) is 0 Å². The van der Waals surface area contributed by atoms with Crippen molar-refractivity contribution in [2.75, 3.05) is 0 Å². The predicted molar refractivity (Wildman–Crippen MR) is 108 cm³/mol. The number of hydrogen-bond acceptors (Lipinski definition) is 4. The second kappa shape index (κ2) is 7.82. The maximum Gasteiger partial charge on any atom is 0.222 e. The van der Waals surface area contributed by atoms with Gasteiger partial charge in [0, 0.05) is 29.1 Å². The van der Waals surface area contributed by atoms with E-state index in [0.29, 0.717) is 24.5 Å². The van der Waals surface area contributed by atoms with Crippen LogP contribution in [-0.2, 0) is 17.9 Å². The van der Waals surface area contributed by atoms with Crippen LogP contribution in [0.2, 0.25) is 5.02 Å². The second-order valence-corrected chi connectivity index (χ2v) is 7.01. The van der Waals surface area contributed by atoms with Gasteiger partial charge < -0.3 is 10.3 Å². The molecule has 0 bridgehead atoms. The third-order valence-corrected chi connectivity index (χ3v) is 4.93. The van der Waals surface area contributed by atoms with Crippen LogP contribution in [0.25, 0.3) is 22.2 Å². The number of halogens is 1. The van der Waals surface area contributed by atoms with Crippen LogP contribution in [0.15, 0.2) is 48.8 Å². The molecular weight excluding hydrogens is 376 g/mol. The normalized spacial score (nSPS) is 11.1.